The number of halogens is 1. The molecule has 30 heavy (non-hydrogen) atoms. The van der Waals surface area contributed by atoms with Gasteiger partial charge in [-0.15, -0.1) is 5.41 Å². The number of anilines is 2. The van der Waals surface area contributed by atoms with Crippen molar-refractivity contribution in [1.82, 2.24) is 14.8 Å². The van der Waals surface area contributed by atoms with Crippen molar-refractivity contribution in [2.75, 3.05) is 32.1 Å². The van der Waals surface area contributed by atoms with Crippen molar-refractivity contribution in [2.24, 2.45) is 5.73 Å². The predicted octanol–water partition coefficient (Wildman–Crippen LogP) is 2.68. The van der Waals surface area contributed by atoms with Gasteiger partial charge in [0.05, 0.1) is 18.8 Å². The first-order valence-corrected chi connectivity index (χ1v) is 9.28. The van der Waals surface area contributed by atoms with Crippen LogP contribution in [0.4, 0.5) is 20.7 Å². The molecule has 1 atom stereocenters. The number of nitrogens with one attached hydrogen (secondary N) is 1. The van der Waals surface area contributed by atoms with E-state index in [0.29, 0.717) is 19.5 Å². The molecule has 0 unspecified atom stereocenters. The number of amides is 2. The highest BCUT2D eigenvalue weighted by Crippen LogP contribution is 2.29. The van der Waals surface area contributed by atoms with Crippen LogP contribution in [0.1, 0.15) is 6.42 Å². The number of rotatable bonds is 4. The summed E-state index contributed by atoms with van der Waals surface area (Å²) in [5, 5.41) is 7.68. The Morgan fingerprint density at radius 2 is 2.20 bits per heavy atom. The number of nitrogens with two attached hydrogens (primary N) is 1. The smallest absolute Gasteiger partial charge is 0.435 e. The van der Waals surface area contributed by atoms with Crippen LogP contribution in [0.15, 0.2) is 42.6 Å². The van der Waals surface area contributed by atoms with E-state index in [0.717, 1.165) is 4.90 Å². The van der Waals surface area contributed by atoms with Crippen molar-refractivity contribution in [3.05, 3.63) is 53.3 Å². The van der Waals surface area contributed by atoms with Gasteiger partial charge in [-0.1, -0.05) is 6.07 Å². The monoisotopic (exact) mass is 412 g/mol. The van der Waals surface area contributed by atoms with E-state index in [4.69, 9.17) is 15.9 Å². The molecule has 2 heterocycles. The molecule has 3 rings (SSSR count). The standard InChI is InChI=1S/C20H22FN7O2/c1-26(2)19(22)25-13-27-8-6-16(12-27)30-17-10-14(21)9-15(11-17)28(20(23)29)18-5-3-4-7-24-18/h3-5,7,9-11,16,22H,6,8,12H2,1-2H3,(H-,23,29)/p+1/t16-/m1/s1. The van der Waals surface area contributed by atoms with E-state index in [9.17, 15) is 9.18 Å². The Bertz CT molecular complexity index is 988. The highest BCUT2D eigenvalue weighted by atomic mass is 19.1. The third-order valence-corrected chi connectivity index (χ3v) is 4.38. The molecule has 1 fully saturated rings. The van der Waals surface area contributed by atoms with Crippen LogP contribution in [0.5, 0.6) is 5.75 Å². The maximum Gasteiger partial charge on any atom is 0.435 e. The Hall–Kier alpha value is -3.87. The van der Waals surface area contributed by atoms with Crippen LogP contribution in [-0.4, -0.2) is 60.1 Å². The van der Waals surface area contributed by atoms with E-state index in [1.165, 1.54) is 18.3 Å². The minimum atomic E-state index is -0.786. The first kappa shape index (κ1) is 20.9. The number of pyridine rings is 1. The van der Waals surface area contributed by atoms with Crippen molar-refractivity contribution >= 4 is 23.5 Å². The normalized spacial score (nSPS) is 15.2. The van der Waals surface area contributed by atoms with Gasteiger partial charge in [-0.2, -0.15) is 4.85 Å². The number of aromatic nitrogens is 1. The average molecular weight is 412 g/mol. The number of guanidine groups is 1. The van der Waals surface area contributed by atoms with Crippen molar-refractivity contribution in [2.45, 2.75) is 12.5 Å². The second kappa shape index (κ2) is 9.09. The van der Waals surface area contributed by atoms with Crippen LogP contribution in [0, 0.1) is 17.4 Å². The predicted molar refractivity (Wildman–Crippen MR) is 112 cm³/mol. The van der Waals surface area contributed by atoms with E-state index in [-0.39, 0.29) is 29.3 Å². The number of likely N-dealkylation sites (tertiary alicyclic amines) is 1. The highest BCUT2D eigenvalue weighted by Gasteiger charge is 2.27. The molecule has 156 valence electrons. The van der Waals surface area contributed by atoms with Gasteiger partial charge in [0, 0.05) is 38.8 Å². The van der Waals surface area contributed by atoms with Gasteiger partial charge >= 0.3 is 12.0 Å². The second-order valence-electron chi connectivity index (χ2n) is 6.91. The first-order valence-electron chi connectivity index (χ1n) is 9.28. The molecule has 1 aliphatic heterocycles. The lowest BCUT2D eigenvalue weighted by Gasteiger charge is -2.21. The molecule has 9 nitrogen and oxygen atoms in total. The number of primary amides is 1. The SMILES string of the molecule is CN(C)C(=N)[N+]#CN1CC[C@@H](Oc2cc(F)cc(N(C(N)=O)c3ccccn3)c2)C1. The summed E-state index contributed by atoms with van der Waals surface area (Å²) >= 11 is 0. The van der Waals surface area contributed by atoms with Gasteiger partial charge in [-0.3, -0.25) is 9.80 Å². The molecular weight excluding hydrogens is 389 g/mol. The molecule has 1 aromatic carbocycles. The summed E-state index contributed by atoms with van der Waals surface area (Å²) in [4.78, 5) is 24.5. The van der Waals surface area contributed by atoms with E-state index < -0.39 is 11.8 Å². The van der Waals surface area contributed by atoms with Crippen LogP contribution < -0.4 is 15.4 Å². The number of ether oxygens (including phenoxy) is 1. The van der Waals surface area contributed by atoms with Gasteiger partial charge in [-0.25, -0.2) is 19.1 Å². The maximum absolute atomic E-state index is 14.3. The van der Waals surface area contributed by atoms with E-state index in [1.54, 1.807) is 43.3 Å². The molecule has 2 aromatic rings. The summed E-state index contributed by atoms with van der Waals surface area (Å²) in [6, 6.07) is 8.22. The molecule has 0 saturated carbocycles. The maximum atomic E-state index is 14.3. The fourth-order valence-corrected chi connectivity index (χ4v) is 2.93. The third-order valence-electron chi connectivity index (χ3n) is 4.38. The number of urea groups is 1. The summed E-state index contributed by atoms with van der Waals surface area (Å²) in [5.41, 5.74) is 5.72. The largest absolute Gasteiger partial charge is 0.487 e. The van der Waals surface area contributed by atoms with Gasteiger partial charge in [-0.05, 0) is 18.2 Å². The number of nitrogens with zero attached hydrogens (tertiary/aromatic N) is 5. The van der Waals surface area contributed by atoms with Gasteiger partial charge in [0.25, 0.3) is 6.19 Å². The van der Waals surface area contributed by atoms with Gasteiger partial charge in [0.15, 0.2) is 0 Å². The molecule has 1 saturated heterocycles. The van der Waals surface area contributed by atoms with E-state index in [2.05, 4.69) is 16.0 Å². The summed E-state index contributed by atoms with van der Waals surface area (Å²) in [6.07, 6.45) is 4.80. The molecule has 0 radical (unpaired) electrons. The quantitative estimate of drug-likeness (QED) is 0.457. The minimum absolute atomic E-state index is 0.0928. The lowest BCUT2D eigenvalue weighted by Crippen LogP contribution is -2.32. The van der Waals surface area contributed by atoms with E-state index >= 15 is 0 Å². The van der Waals surface area contributed by atoms with Crippen LogP contribution in [-0.2, 0) is 0 Å². The number of hydrogen-bond donors (Lipinski definition) is 2. The number of carbonyl (C=O) groups excluding carboxylic acids is 1. The van der Waals surface area contributed by atoms with E-state index in [1.807, 2.05) is 4.90 Å². The molecule has 2 amide bonds. The number of carbonyl (C=O) groups is 1. The Kier molecular flexibility index (Phi) is 6.32. The lowest BCUT2D eigenvalue weighted by atomic mass is 10.2. The highest BCUT2D eigenvalue weighted by molar-refractivity contribution is 5.97. The zero-order valence-electron chi connectivity index (χ0n) is 16.7. The van der Waals surface area contributed by atoms with Crippen molar-refractivity contribution in [3.8, 4) is 11.9 Å². The minimum Gasteiger partial charge on any atom is -0.487 e. The molecule has 0 bridgehead atoms. The Morgan fingerprint density at radius 1 is 1.40 bits per heavy atom. The van der Waals surface area contributed by atoms with Crippen LogP contribution in [0.25, 0.3) is 4.85 Å². The van der Waals surface area contributed by atoms with Crippen LogP contribution >= 0.6 is 0 Å². The molecule has 3 N–H and O–H groups in total. The van der Waals surface area contributed by atoms with Gasteiger partial charge < -0.3 is 10.5 Å². The summed E-state index contributed by atoms with van der Waals surface area (Å²) in [6.45, 7) is 1.15. The van der Waals surface area contributed by atoms with Crippen LogP contribution in [0.3, 0.4) is 0 Å². The summed E-state index contributed by atoms with van der Waals surface area (Å²) in [7, 11) is 3.45. The number of hydrogen-bond acceptors (Lipinski definition) is 5. The summed E-state index contributed by atoms with van der Waals surface area (Å²) in [5.74, 6) is 0.0852. The summed E-state index contributed by atoms with van der Waals surface area (Å²) < 4.78 is 20.2. The third kappa shape index (κ3) is 5.14. The van der Waals surface area contributed by atoms with Crippen molar-refractivity contribution in [3.63, 3.8) is 0 Å². The second-order valence-corrected chi connectivity index (χ2v) is 6.91. The fraction of sp³-hybridized carbons (Fsp3) is 0.300. The molecule has 0 aliphatic carbocycles. The number of benzene rings is 1. The van der Waals surface area contributed by atoms with Gasteiger partial charge in [0.2, 0.25) is 0 Å². The van der Waals surface area contributed by atoms with Crippen molar-refractivity contribution < 1.29 is 13.9 Å². The zero-order chi connectivity index (χ0) is 21.7. The molecule has 1 aliphatic rings. The first-order chi connectivity index (χ1) is 14.3. The van der Waals surface area contributed by atoms with Gasteiger partial charge in [0.1, 0.15) is 23.5 Å². The Labute approximate surface area is 173 Å². The fourth-order valence-electron chi connectivity index (χ4n) is 2.93. The zero-order valence-corrected chi connectivity index (χ0v) is 16.7. The molecular formula is C20H23FN7O2+. The van der Waals surface area contributed by atoms with Crippen LogP contribution in [0.2, 0.25) is 0 Å². The lowest BCUT2D eigenvalue weighted by molar-refractivity contribution is 0.212. The molecule has 10 heteroatoms. The Morgan fingerprint density at radius 3 is 2.87 bits per heavy atom. The molecule has 0 spiro atoms. The van der Waals surface area contributed by atoms with Crippen molar-refractivity contribution in [1.29, 1.82) is 5.41 Å². The molecule has 1 aromatic heterocycles. The average Bonchev–Trinajstić information content (AvgIpc) is 3.13. The Balaban J connectivity index is 1.75. The topological polar surface area (TPSA) is 103 Å².